The van der Waals surface area contributed by atoms with Crippen LogP contribution >= 0.6 is 45.9 Å². The highest BCUT2D eigenvalue weighted by molar-refractivity contribution is 7.16. The van der Waals surface area contributed by atoms with Gasteiger partial charge in [-0.2, -0.15) is 15.3 Å². The minimum Gasteiger partial charge on any atom is -0.353 e. The second kappa shape index (κ2) is 33.2. The number of amides is 5. The number of pyridine rings is 2. The predicted octanol–water partition coefficient (Wildman–Crippen LogP) is 16.3. The van der Waals surface area contributed by atoms with Gasteiger partial charge in [0.2, 0.25) is 0 Å². The number of thiazole rings is 2. The van der Waals surface area contributed by atoms with Crippen molar-refractivity contribution < 1.29 is 41.9 Å². The van der Waals surface area contributed by atoms with E-state index in [1.807, 2.05) is 71.7 Å². The van der Waals surface area contributed by atoms with E-state index in [-0.39, 0.29) is 73.8 Å². The third kappa shape index (κ3) is 18.2. The molecule has 25 nitrogen and oxygen atoms in total. The smallest absolute Gasteiger partial charge is 0.280 e. The fraction of sp³-hybridized carbons (Fsp3) is 0.271. The van der Waals surface area contributed by atoms with Gasteiger partial charge in [0.05, 0.1) is 75.8 Å². The maximum atomic E-state index is 14.5. The summed E-state index contributed by atoms with van der Waals surface area (Å²) in [6, 6.07) is 23.0. The first-order chi connectivity index (χ1) is 56.1. The number of nitrogens with zero attached hydrogens (tertiary/aromatic N) is 14. The molecule has 0 aliphatic heterocycles. The molecule has 5 N–H and O–H groups in total. The van der Waals surface area contributed by atoms with Crippen molar-refractivity contribution in [2.45, 2.75) is 142 Å². The molecule has 18 rings (SSSR count). The zero-order valence-electron chi connectivity index (χ0n) is 65.0. The highest BCUT2D eigenvalue weighted by Crippen LogP contribution is 2.37. The number of benzene rings is 4. The Labute approximate surface area is 687 Å². The zero-order chi connectivity index (χ0) is 82.4. The van der Waals surface area contributed by atoms with Crippen molar-refractivity contribution in [3.05, 3.63) is 248 Å². The van der Waals surface area contributed by atoms with Crippen LogP contribution in [0.5, 0.6) is 0 Å². The standard InChI is InChI=1S/C25H26FN5O.C24H25N5O.C18H15ClFN5O2S.C18H14ClFN4O2S/c1-15-9-21(26)20(24(32)29-18-6-7-18)10-19(15)16-11-28-31(13-16)23-12-27-22-8-5-17(14-30(22)23)25(2,3)4;1-15(2)18-6-9-22-25-11-23(29(22)12-18)28-13-21(26-14-28)20-10-17(5-4-16(20)3)24(30)27-19-7-8-19;1-21-17(27)18-22-7-15(28-18)25-8-9(6-23-25)11-4-12(14(20)5-13(11)19)16(26)24-10-2-3-10;1-9(25)18-21-7-16(27-18)24-8-10(6-22-24)12-4-13(15(20)5-14(12)19)17(26)23-11-2-3-11/h5,8-14,18H,6-7H2,1-4H3,(H,29,32);4-6,9-15,19H,7-8H2,1-3H3,(H,27,30);4-8,10H,2-3H2,1H3,(H,21,27)(H,24,26);4-8,11H,2-3H2,1H3,(H,23,26). The molecule has 598 valence electrons. The van der Waals surface area contributed by atoms with Gasteiger partial charge >= 0.3 is 0 Å². The van der Waals surface area contributed by atoms with Gasteiger partial charge in [-0.25, -0.2) is 52.1 Å². The molecule has 0 radical (unpaired) electrons. The molecule has 4 aromatic carbocycles. The van der Waals surface area contributed by atoms with Crippen molar-refractivity contribution in [2.24, 2.45) is 0 Å². The van der Waals surface area contributed by atoms with E-state index < -0.39 is 29.3 Å². The first kappa shape index (κ1) is 80.0. The Morgan fingerprint density at radius 3 is 1.46 bits per heavy atom. The van der Waals surface area contributed by atoms with E-state index in [1.54, 1.807) is 69.8 Å². The Morgan fingerprint density at radius 1 is 0.479 bits per heavy atom. The van der Waals surface area contributed by atoms with Crippen molar-refractivity contribution >= 4 is 92.5 Å². The van der Waals surface area contributed by atoms with E-state index in [2.05, 4.69) is 130 Å². The molecule has 0 atom stereocenters. The van der Waals surface area contributed by atoms with E-state index >= 15 is 0 Å². The van der Waals surface area contributed by atoms with Crippen LogP contribution < -0.4 is 26.6 Å². The van der Waals surface area contributed by atoms with E-state index in [0.29, 0.717) is 59.8 Å². The van der Waals surface area contributed by atoms with Crippen LogP contribution in [0, 0.1) is 31.3 Å². The van der Waals surface area contributed by atoms with Gasteiger partial charge in [0.15, 0.2) is 21.6 Å². The average Bonchev–Trinajstić information content (AvgIpc) is 1.66. The molecule has 4 saturated carbocycles. The molecule has 14 aromatic rings. The third-order valence-corrected chi connectivity index (χ3v) is 22.7. The summed E-state index contributed by atoms with van der Waals surface area (Å²) in [5.41, 5.74) is 12.3. The van der Waals surface area contributed by atoms with Gasteiger partial charge in [0.25, 0.3) is 29.5 Å². The Bertz CT molecular complexity index is 6210. The topological polar surface area (TPSA) is 294 Å². The summed E-state index contributed by atoms with van der Waals surface area (Å²) < 4.78 is 53.9. The van der Waals surface area contributed by atoms with Crippen LogP contribution in [0.15, 0.2) is 166 Å². The van der Waals surface area contributed by atoms with Crippen LogP contribution in [-0.2, 0) is 5.41 Å². The average molecular weight is 1660 g/mol. The molecular formula is C85H80Cl2F3N19O6S2. The molecule has 117 heavy (non-hydrogen) atoms. The largest absolute Gasteiger partial charge is 0.353 e. The predicted molar refractivity (Wildman–Crippen MR) is 442 cm³/mol. The summed E-state index contributed by atoms with van der Waals surface area (Å²) >= 11 is 14.8. The van der Waals surface area contributed by atoms with Crippen LogP contribution in [0.3, 0.4) is 0 Å². The highest BCUT2D eigenvalue weighted by Gasteiger charge is 2.31. The number of aromatic nitrogens is 14. The quantitative estimate of drug-likeness (QED) is 0.0471. The number of carbonyl (C=O) groups excluding carboxylic acids is 6. The maximum absolute atomic E-state index is 14.5. The summed E-state index contributed by atoms with van der Waals surface area (Å²) in [7, 11) is 1.53. The SMILES string of the molecule is CC(=O)c1ncc(-n2cc(-c3cc(C(=O)NC4CC4)c(F)cc3Cl)cn2)s1.CNC(=O)c1ncc(-n2cc(-c3cc(C(=O)NC4CC4)c(F)cc3Cl)cn2)s1.Cc1cc(F)c(C(=O)NC2CC2)cc1-c1cnn(-c2cnc3ccc(C(C)(C)C)cn23)c1.Cc1ccc(C(=O)NC2CC2)cc1-c1cn(-c2cnc3ccc(C(C)C)cn23)cn1. The molecule has 4 aliphatic carbocycles. The number of hydrogen-bond donors (Lipinski definition) is 5. The molecule has 0 saturated heterocycles. The van der Waals surface area contributed by atoms with Crippen molar-refractivity contribution in [3.8, 4) is 66.3 Å². The zero-order valence-corrected chi connectivity index (χ0v) is 68.2. The van der Waals surface area contributed by atoms with E-state index in [0.717, 1.165) is 120 Å². The van der Waals surface area contributed by atoms with Crippen molar-refractivity contribution in [2.75, 3.05) is 7.05 Å². The third-order valence-electron chi connectivity index (χ3n) is 20.0. The fourth-order valence-corrected chi connectivity index (χ4v) is 14.7. The lowest BCUT2D eigenvalue weighted by Crippen LogP contribution is -2.26. The fourth-order valence-electron chi connectivity index (χ4n) is 12.6. The van der Waals surface area contributed by atoms with Crippen LogP contribution in [0.25, 0.3) is 77.6 Å². The number of imidazole rings is 3. The second-order valence-corrected chi connectivity index (χ2v) is 33.4. The summed E-state index contributed by atoms with van der Waals surface area (Å²) in [5, 5.41) is 29.4. The first-order valence-corrected chi connectivity index (χ1v) is 40.4. The Hall–Kier alpha value is -12.3. The number of halogens is 5. The number of hydrogen-bond acceptors (Lipinski definition) is 16. The van der Waals surface area contributed by atoms with Crippen LogP contribution in [0.1, 0.15) is 182 Å². The number of rotatable bonds is 19. The highest BCUT2D eigenvalue weighted by atomic mass is 35.5. The summed E-state index contributed by atoms with van der Waals surface area (Å²) in [6.45, 7) is 16.2. The van der Waals surface area contributed by atoms with Gasteiger partial charge in [-0.05, 0) is 165 Å². The number of fused-ring (bicyclic) bond motifs is 2. The van der Waals surface area contributed by atoms with Crippen LogP contribution in [0.4, 0.5) is 13.2 Å². The number of aryl methyl sites for hydroxylation is 2. The Balaban J connectivity index is 0.000000122. The Morgan fingerprint density at radius 2 is 0.949 bits per heavy atom. The summed E-state index contributed by atoms with van der Waals surface area (Å²) in [6.07, 6.45) is 32.6. The molecule has 10 aromatic heterocycles. The number of nitrogens with one attached hydrogen (secondary N) is 5. The lowest BCUT2D eigenvalue weighted by molar-refractivity contribution is 0.0938. The van der Waals surface area contributed by atoms with E-state index in [9.17, 15) is 41.9 Å². The van der Waals surface area contributed by atoms with Crippen molar-refractivity contribution in [1.82, 2.24) is 94.2 Å². The molecule has 5 amide bonds. The van der Waals surface area contributed by atoms with Crippen LogP contribution in [-0.4, -0.2) is 134 Å². The van der Waals surface area contributed by atoms with E-state index in [1.165, 1.54) is 72.2 Å². The van der Waals surface area contributed by atoms with Gasteiger partial charge in [0.1, 0.15) is 50.9 Å². The molecule has 0 unspecified atom stereocenters. The lowest BCUT2D eigenvalue weighted by atomic mass is 9.88. The van der Waals surface area contributed by atoms with Gasteiger partial charge in [0, 0.05) is 114 Å². The van der Waals surface area contributed by atoms with Crippen molar-refractivity contribution in [3.63, 3.8) is 0 Å². The van der Waals surface area contributed by atoms with Gasteiger partial charge in [-0.1, -0.05) is 98.7 Å². The maximum Gasteiger partial charge on any atom is 0.280 e. The first-order valence-electron chi connectivity index (χ1n) is 38.0. The minimum absolute atomic E-state index is 0.00761. The van der Waals surface area contributed by atoms with Gasteiger partial charge in [-0.3, -0.25) is 42.1 Å². The summed E-state index contributed by atoms with van der Waals surface area (Å²) in [5.74, 6) is -1.34. The molecule has 4 fully saturated rings. The van der Waals surface area contributed by atoms with Gasteiger partial charge in [-0.15, -0.1) is 0 Å². The normalized spacial score (nSPS) is 13.8. The molecule has 0 bridgehead atoms. The minimum atomic E-state index is -0.669. The lowest BCUT2D eigenvalue weighted by Gasteiger charge is -2.19. The number of carbonyl (C=O) groups is 6. The van der Waals surface area contributed by atoms with Crippen LogP contribution in [0.2, 0.25) is 10.0 Å². The van der Waals surface area contributed by atoms with E-state index in [4.69, 9.17) is 23.2 Å². The second-order valence-electron chi connectivity index (χ2n) is 30.6. The number of Topliss-reactive ketones (excluding diaryl/α,β-unsaturated/α-hetero) is 1. The molecule has 10 heterocycles. The molecule has 32 heteroatoms. The monoisotopic (exact) mass is 1650 g/mol. The molecule has 4 aliphatic rings. The van der Waals surface area contributed by atoms with Gasteiger partial charge < -0.3 is 26.6 Å². The van der Waals surface area contributed by atoms with Crippen molar-refractivity contribution in [1.29, 1.82) is 0 Å². The Kier molecular flexibility index (Phi) is 22.7. The molecular weight excluding hydrogens is 1580 g/mol. The summed E-state index contributed by atoms with van der Waals surface area (Å²) in [4.78, 5) is 94.3. The number of ketones is 1. The molecule has 0 spiro atoms.